The van der Waals surface area contributed by atoms with Crippen LogP contribution in [0.1, 0.15) is 16.1 Å². The topological polar surface area (TPSA) is 153 Å². The van der Waals surface area contributed by atoms with E-state index in [0.29, 0.717) is 11.3 Å². The van der Waals surface area contributed by atoms with Crippen molar-refractivity contribution in [1.82, 2.24) is 15.7 Å². The molecule has 0 aliphatic rings. The van der Waals surface area contributed by atoms with Gasteiger partial charge in [-0.15, -0.1) is 0 Å². The fourth-order valence-electron chi connectivity index (χ4n) is 1.37. The first-order chi connectivity index (χ1) is 10.6. The average Bonchev–Trinajstić information content (AvgIpc) is 2.92. The Bertz CT molecular complexity index is 694. The van der Waals surface area contributed by atoms with E-state index in [1.54, 1.807) is 24.3 Å². The van der Waals surface area contributed by atoms with Crippen molar-refractivity contribution in [2.75, 3.05) is 12.3 Å². The number of nitrogens with zero attached hydrogens (tertiary/aromatic N) is 3. The molecule has 4 N–H and O–H groups in total. The molecule has 10 nitrogen and oxygen atoms in total. The molecule has 1 aromatic carbocycles. The molecule has 2 rings (SSSR count). The van der Waals surface area contributed by atoms with Crippen molar-refractivity contribution in [1.29, 1.82) is 0 Å². The van der Waals surface area contributed by atoms with E-state index in [1.807, 2.05) is 0 Å². The van der Waals surface area contributed by atoms with Gasteiger partial charge in [0, 0.05) is 0 Å². The minimum absolute atomic E-state index is 0.132. The number of anilines is 1. The zero-order valence-corrected chi connectivity index (χ0v) is 11.1. The van der Waals surface area contributed by atoms with Crippen LogP contribution in [-0.4, -0.2) is 40.1 Å². The monoisotopic (exact) mass is 305 g/mol. The molecule has 0 saturated carbocycles. The Hall–Kier alpha value is -3.43. The second-order valence-corrected chi connectivity index (χ2v) is 3.95. The highest BCUT2D eigenvalue weighted by Crippen LogP contribution is 2.10. The van der Waals surface area contributed by atoms with Crippen LogP contribution in [0, 0.1) is 0 Å². The Balaban J connectivity index is 1.89. The second-order valence-electron chi connectivity index (χ2n) is 3.95. The SMILES string of the molecule is Nc1nonc1C(=O)N/N=C/c1ccc(OCC(=O)O)cc1. The summed E-state index contributed by atoms with van der Waals surface area (Å²) in [6, 6.07) is 6.43. The lowest BCUT2D eigenvalue weighted by atomic mass is 10.2. The van der Waals surface area contributed by atoms with Crippen LogP contribution < -0.4 is 15.9 Å². The van der Waals surface area contributed by atoms with Gasteiger partial charge in [-0.2, -0.15) is 5.10 Å². The van der Waals surface area contributed by atoms with Crippen molar-refractivity contribution < 1.29 is 24.1 Å². The number of aromatic nitrogens is 2. The first-order valence-corrected chi connectivity index (χ1v) is 5.92. The van der Waals surface area contributed by atoms with E-state index in [-0.39, 0.29) is 11.5 Å². The Kier molecular flexibility index (Phi) is 4.65. The largest absolute Gasteiger partial charge is 0.482 e. The molecule has 0 aliphatic heterocycles. The lowest BCUT2D eigenvalue weighted by Crippen LogP contribution is -2.19. The fraction of sp³-hybridized carbons (Fsp3) is 0.0833. The molecule has 1 amide bonds. The number of ether oxygens (including phenoxy) is 1. The molecular weight excluding hydrogens is 294 g/mol. The minimum atomic E-state index is -1.06. The maximum atomic E-state index is 11.6. The van der Waals surface area contributed by atoms with Crippen molar-refractivity contribution in [3.63, 3.8) is 0 Å². The minimum Gasteiger partial charge on any atom is -0.482 e. The Morgan fingerprint density at radius 3 is 2.68 bits per heavy atom. The van der Waals surface area contributed by atoms with Crippen molar-refractivity contribution in [2.45, 2.75) is 0 Å². The van der Waals surface area contributed by atoms with Crippen molar-refractivity contribution in [3.05, 3.63) is 35.5 Å². The summed E-state index contributed by atoms with van der Waals surface area (Å²) in [4.78, 5) is 21.9. The molecule has 0 saturated heterocycles. The van der Waals surface area contributed by atoms with Gasteiger partial charge in [-0.25, -0.2) is 14.8 Å². The molecule has 1 aromatic heterocycles. The summed E-state index contributed by atoms with van der Waals surface area (Å²) in [6.07, 6.45) is 1.38. The molecule has 0 fully saturated rings. The summed E-state index contributed by atoms with van der Waals surface area (Å²) in [7, 11) is 0. The van der Waals surface area contributed by atoms with Gasteiger partial charge in [0.25, 0.3) is 5.91 Å². The van der Waals surface area contributed by atoms with Gasteiger partial charge in [-0.05, 0) is 40.1 Å². The molecule has 22 heavy (non-hydrogen) atoms. The van der Waals surface area contributed by atoms with Crippen LogP contribution in [0.15, 0.2) is 34.0 Å². The highest BCUT2D eigenvalue weighted by Gasteiger charge is 2.14. The average molecular weight is 305 g/mol. The number of hydrazone groups is 1. The summed E-state index contributed by atoms with van der Waals surface area (Å²) in [6.45, 7) is -0.420. The number of carboxylic acids is 1. The number of aliphatic carboxylic acids is 1. The van der Waals surface area contributed by atoms with E-state index in [0.717, 1.165) is 0 Å². The van der Waals surface area contributed by atoms with Crippen LogP contribution in [0.25, 0.3) is 0 Å². The van der Waals surface area contributed by atoms with Crippen LogP contribution in [0.2, 0.25) is 0 Å². The van der Waals surface area contributed by atoms with Gasteiger partial charge < -0.3 is 15.6 Å². The number of carbonyl (C=O) groups excluding carboxylic acids is 1. The van der Waals surface area contributed by atoms with E-state index in [4.69, 9.17) is 15.6 Å². The molecule has 114 valence electrons. The van der Waals surface area contributed by atoms with Gasteiger partial charge in [-0.3, -0.25) is 4.79 Å². The molecule has 0 aliphatic carbocycles. The van der Waals surface area contributed by atoms with Gasteiger partial charge in [0.2, 0.25) is 11.5 Å². The zero-order valence-electron chi connectivity index (χ0n) is 11.1. The molecule has 0 spiro atoms. The first-order valence-electron chi connectivity index (χ1n) is 5.92. The Morgan fingerprint density at radius 2 is 2.09 bits per heavy atom. The molecular formula is C12H11N5O5. The number of carbonyl (C=O) groups is 2. The standard InChI is InChI=1S/C12H11N5O5/c13-11-10(16-22-17-11)12(20)15-14-5-7-1-3-8(4-2-7)21-6-9(18)19/h1-5H,6H2,(H2,13,17)(H,15,20)(H,18,19)/b14-5+. The summed E-state index contributed by atoms with van der Waals surface area (Å²) < 4.78 is 9.26. The predicted octanol–water partition coefficient (Wildman–Crippen LogP) is -0.121. The van der Waals surface area contributed by atoms with Crippen LogP contribution in [0.3, 0.4) is 0 Å². The van der Waals surface area contributed by atoms with Crippen LogP contribution in [0.4, 0.5) is 5.82 Å². The van der Waals surface area contributed by atoms with Gasteiger partial charge in [0.15, 0.2) is 6.61 Å². The maximum Gasteiger partial charge on any atom is 0.341 e. The predicted molar refractivity (Wildman–Crippen MR) is 73.3 cm³/mol. The number of nitrogen functional groups attached to an aromatic ring is 1. The van der Waals surface area contributed by atoms with E-state index in [2.05, 4.69) is 25.5 Å². The lowest BCUT2D eigenvalue weighted by molar-refractivity contribution is -0.139. The van der Waals surface area contributed by atoms with E-state index < -0.39 is 18.5 Å². The third-order valence-electron chi connectivity index (χ3n) is 2.35. The third-order valence-corrected chi connectivity index (χ3v) is 2.35. The highest BCUT2D eigenvalue weighted by atomic mass is 16.6. The quantitative estimate of drug-likeness (QED) is 0.493. The Morgan fingerprint density at radius 1 is 1.36 bits per heavy atom. The highest BCUT2D eigenvalue weighted by molar-refractivity contribution is 5.96. The van der Waals surface area contributed by atoms with Gasteiger partial charge >= 0.3 is 5.97 Å². The van der Waals surface area contributed by atoms with E-state index in [1.165, 1.54) is 6.21 Å². The summed E-state index contributed by atoms with van der Waals surface area (Å²) >= 11 is 0. The van der Waals surface area contributed by atoms with Gasteiger partial charge in [0.05, 0.1) is 6.21 Å². The molecule has 2 aromatic rings. The number of carboxylic acid groups (broad SMARTS) is 1. The first kappa shape index (κ1) is 15.0. The van der Waals surface area contributed by atoms with Gasteiger partial charge in [-0.1, -0.05) is 0 Å². The summed E-state index contributed by atoms with van der Waals surface area (Å²) in [5.74, 6) is -1.44. The number of hydrogen-bond acceptors (Lipinski definition) is 8. The number of hydrogen-bond donors (Lipinski definition) is 3. The maximum absolute atomic E-state index is 11.6. The van der Waals surface area contributed by atoms with Crippen LogP contribution in [-0.2, 0) is 4.79 Å². The van der Waals surface area contributed by atoms with E-state index in [9.17, 15) is 9.59 Å². The Labute approximate surface area is 123 Å². The zero-order chi connectivity index (χ0) is 15.9. The number of nitrogens with two attached hydrogens (primary N) is 1. The molecule has 1 heterocycles. The van der Waals surface area contributed by atoms with E-state index >= 15 is 0 Å². The smallest absolute Gasteiger partial charge is 0.341 e. The normalized spacial score (nSPS) is 10.5. The summed E-state index contributed by atoms with van der Waals surface area (Å²) in [5, 5.41) is 18.8. The molecule has 0 radical (unpaired) electrons. The van der Waals surface area contributed by atoms with Crippen molar-refractivity contribution in [2.24, 2.45) is 5.10 Å². The van der Waals surface area contributed by atoms with Crippen molar-refractivity contribution >= 4 is 23.9 Å². The lowest BCUT2D eigenvalue weighted by Gasteiger charge is -2.02. The van der Waals surface area contributed by atoms with Crippen LogP contribution in [0.5, 0.6) is 5.75 Å². The van der Waals surface area contributed by atoms with Crippen molar-refractivity contribution in [3.8, 4) is 5.75 Å². The van der Waals surface area contributed by atoms with Gasteiger partial charge in [0.1, 0.15) is 5.75 Å². The fourth-order valence-corrected chi connectivity index (χ4v) is 1.37. The third kappa shape index (κ3) is 4.03. The molecule has 0 unspecified atom stereocenters. The molecule has 0 bridgehead atoms. The second kappa shape index (κ2) is 6.83. The summed E-state index contributed by atoms with van der Waals surface area (Å²) in [5.41, 5.74) is 8.07. The molecule has 10 heteroatoms. The van der Waals surface area contributed by atoms with Crippen LogP contribution >= 0.6 is 0 Å². The number of amides is 1. The number of rotatable bonds is 6. The number of nitrogens with one attached hydrogen (secondary N) is 1. The number of benzene rings is 1. The molecule has 0 atom stereocenters.